The summed E-state index contributed by atoms with van der Waals surface area (Å²) in [7, 11) is 1.64. The van der Waals surface area contributed by atoms with E-state index < -0.39 is 6.00 Å². The molecule has 0 aliphatic carbocycles. The second kappa shape index (κ2) is 12.0. The zero-order valence-corrected chi connectivity index (χ0v) is 13.2. The van der Waals surface area contributed by atoms with Crippen molar-refractivity contribution in [2.75, 3.05) is 53.4 Å². The largest absolute Gasteiger partial charge is 0.382 e. The lowest BCUT2D eigenvalue weighted by Crippen LogP contribution is -2.15. The molecule has 0 aromatic carbocycles. The first-order valence-corrected chi connectivity index (χ1v) is 10.6. The van der Waals surface area contributed by atoms with E-state index in [1.165, 1.54) is 0 Å². The third-order valence-electron chi connectivity index (χ3n) is 1.71. The lowest BCUT2D eigenvalue weighted by molar-refractivity contribution is 0.00533. The average Bonchev–Trinajstić information content (AvgIpc) is 2.24. The summed E-state index contributed by atoms with van der Waals surface area (Å²) in [6.45, 7) is 3.80. The number of ether oxygens (including phenoxy) is 4. The Morgan fingerprint density at radius 3 is 1.53 bits per heavy atom. The van der Waals surface area contributed by atoms with Gasteiger partial charge in [-0.05, 0) is 0 Å². The zero-order valence-electron chi connectivity index (χ0n) is 9.92. The van der Waals surface area contributed by atoms with Gasteiger partial charge in [-0.2, -0.15) is 0 Å². The molecule has 0 fully saturated rings. The quantitative estimate of drug-likeness (QED) is 0.313. The van der Waals surface area contributed by atoms with Crippen LogP contribution in [0.1, 0.15) is 0 Å². The van der Waals surface area contributed by atoms with E-state index in [0.29, 0.717) is 52.3 Å². The number of methoxy groups -OCH3 is 1. The number of halogens is 3. The summed E-state index contributed by atoms with van der Waals surface area (Å²) in [5, 5.41) is 0. The van der Waals surface area contributed by atoms with Gasteiger partial charge in [0.05, 0.1) is 39.6 Å². The summed E-state index contributed by atoms with van der Waals surface area (Å²) in [6.07, 6.45) is 0. The molecule has 0 aromatic rings. The Hall–Kier alpha value is 0.927. The molecule has 0 saturated carbocycles. The standard InChI is InChI=1S/C9H19Cl3O4Si/c1-13-2-3-14-4-5-15-6-7-16-8-9-17(10,11)12/h2-9H2,1H3. The third-order valence-corrected chi connectivity index (χ3v) is 4.18. The number of hydrogen-bond acceptors (Lipinski definition) is 4. The van der Waals surface area contributed by atoms with Gasteiger partial charge >= 0.3 is 6.00 Å². The molecular weight excluding hydrogens is 307 g/mol. The fraction of sp³-hybridized carbons (Fsp3) is 1.00. The summed E-state index contributed by atoms with van der Waals surface area (Å²) in [4.78, 5) is 0. The summed E-state index contributed by atoms with van der Waals surface area (Å²) in [6, 6.07) is -2.02. The molecule has 0 rings (SSSR count). The predicted octanol–water partition coefficient (Wildman–Crippen LogP) is 2.34. The molecule has 0 unspecified atom stereocenters. The Bertz CT molecular complexity index is 169. The van der Waals surface area contributed by atoms with E-state index in [0.717, 1.165) is 0 Å². The van der Waals surface area contributed by atoms with E-state index in [1.807, 2.05) is 0 Å². The maximum absolute atomic E-state index is 5.69. The lowest BCUT2D eigenvalue weighted by atomic mass is 10.7. The van der Waals surface area contributed by atoms with Crippen molar-refractivity contribution in [1.82, 2.24) is 0 Å². The fourth-order valence-electron chi connectivity index (χ4n) is 0.872. The van der Waals surface area contributed by atoms with Gasteiger partial charge < -0.3 is 18.9 Å². The van der Waals surface area contributed by atoms with Crippen molar-refractivity contribution in [3.63, 3.8) is 0 Å². The van der Waals surface area contributed by atoms with Gasteiger partial charge in [-0.1, -0.05) is 0 Å². The second-order valence-electron chi connectivity index (χ2n) is 3.20. The van der Waals surface area contributed by atoms with Gasteiger partial charge in [-0.3, -0.25) is 0 Å². The van der Waals surface area contributed by atoms with Crippen molar-refractivity contribution in [3.8, 4) is 0 Å². The number of rotatable bonds is 12. The van der Waals surface area contributed by atoms with Gasteiger partial charge in [0.15, 0.2) is 0 Å². The first-order chi connectivity index (χ1) is 8.06. The van der Waals surface area contributed by atoms with Crippen LogP contribution in [0.4, 0.5) is 0 Å². The molecule has 0 aliphatic heterocycles. The minimum atomic E-state index is -2.53. The highest BCUT2D eigenvalue weighted by atomic mass is 35.8. The normalized spacial score (nSPS) is 12.0. The van der Waals surface area contributed by atoms with E-state index in [-0.39, 0.29) is 0 Å². The SMILES string of the molecule is COCCOCCOCCOCC[Si](Cl)(Cl)Cl. The molecule has 0 amide bonds. The molecule has 0 aliphatic rings. The van der Waals surface area contributed by atoms with E-state index in [4.69, 9.17) is 52.2 Å². The Balaban J connectivity index is 2.99. The minimum absolute atomic E-state index is 0.469. The van der Waals surface area contributed by atoms with Gasteiger partial charge in [-0.25, -0.2) is 0 Å². The highest BCUT2D eigenvalue weighted by Crippen LogP contribution is 2.24. The molecule has 4 nitrogen and oxygen atoms in total. The molecule has 0 aromatic heterocycles. The number of hydrogen-bond donors (Lipinski definition) is 0. The molecule has 104 valence electrons. The molecule has 0 spiro atoms. The van der Waals surface area contributed by atoms with Crippen LogP contribution in [-0.2, 0) is 18.9 Å². The van der Waals surface area contributed by atoms with Crippen LogP contribution in [0.5, 0.6) is 0 Å². The van der Waals surface area contributed by atoms with Gasteiger partial charge in [0.1, 0.15) is 0 Å². The molecular formula is C9H19Cl3O4Si. The van der Waals surface area contributed by atoms with Gasteiger partial charge in [0.25, 0.3) is 0 Å². The summed E-state index contributed by atoms with van der Waals surface area (Å²) in [5.74, 6) is 0. The van der Waals surface area contributed by atoms with Gasteiger partial charge in [0, 0.05) is 19.8 Å². The molecule has 0 heterocycles. The van der Waals surface area contributed by atoms with Crippen LogP contribution in [0.25, 0.3) is 0 Å². The summed E-state index contributed by atoms with van der Waals surface area (Å²) >= 11 is 17.1. The average molecular weight is 326 g/mol. The molecule has 0 N–H and O–H groups in total. The maximum Gasteiger partial charge on any atom is 0.343 e. The monoisotopic (exact) mass is 324 g/mol. The molecule has 8 heteroatoms. The van der Waals surface area contributed by atoms with Gasteiger partial charge in [-0.15, -0.1) is 33.2 Å². The smallest absolute Gasteiger partial charge is 0.343 e. The second-order valence-corrected chi connectivity index (χ2v) is 12.5. The highest BCUT2D eigenvalue weighted by molar-refractivity contribution is 7.64. The lowest BCUT2D eigenvalue weighted by Gasteiger charge is -2.08. The van der Waals surface area contributed by atoms with Crippen molar-refractivity contribution < 1.29 is 18.9 Å². The minimum Gasteiger partial charge on any atom is -0.382 e. The fourth-order valence-corrected chi connectivity index (χ4v) is 1.94. The molecule has 17 heavy (non-hydrogen) atoms. The Morgan fingerprint density at radius 2 is 1.12 bits per heavy atom. The molecule has 0 bridgehead atoms. The van der Waals surface area contributed by atoms with Crippen LogP contribution >= 0.6 is 33.2 Å². The van der Waals surface area contributed by atoms with E-state index in [9.17, 15) is 0 Å². The topological polar surface area (TPSA) is 36.9 Å². The van der Waals surface area contributed by atoms with Crippen LogP contribution < -0.4 is 0 Å². The third kappa shape index (κ3) is 16.9. The summed E-state index contributed by atoms with van der Waals surface area (Å²) in [5.41, 5.74) is 0. The predicted molar refractivity (Wildman–Crippen MR) is 72.5 cm³/mol. The van der Waals surface area contributed by atoms with Crippen LogP contribution in [0.2, 0.25) is 6.04 Å². The van der Waals surface area contributed by atoms with E-state index in [2.05, 4.69) is 0 Å². The van der Waals surface area contributed by atoms with Crippen LogP contribution in [0.15, 0.2) is 0 Å². The molecule has 0 atom stereocenters. The summed E-state index contributed by atoms with van der Waals surface area (Å²) < 4.78 is 20.6. The molecule has 0 saturated heterocycles. The Labute approximate surface area is 118 Å². The van der Waals surface area contributed by atoms with Crippen molar-refractivity contribution in [2.24, 2.45) is 0 Å². The highest BCUT2D eigenvalue weighted by Gasteiger charge is 2.23. The van der Waals surface area contributed by atoms with Crippen molar-refractivity contribution in [3.05, 3.63) is 0 Å². The van der Waals surface area contributed by atoms with E-state index >= 15 is 0 Å². The maximum atomic E-state index is 5.69. The van der Waals surface area contributed by atoms with Crippen LogP contribution in [-0.4, -0.2) is 59.4 Å². The van der Waals surface area contributed by atoms with Crippen molar-refractivity contribution in [1.29, 1.82) is 0 Å². The Kier molecular flexibility index (Phi) is 12.6. The van der Waals surface area contributed by atoms with Crippen LogP contribution in [0.3, 0.4) is 0 Å². The van der Waals surface area contributed by atoms with Crippen molar-refractivity contribution in [2.45, 2.75) is 6.04 Å². The van der Waals surface area contributed by atoms with E-state index in [1.54, 1.807) is 7.11 Å². The first-order valence-electron chi connectivity index (χ1n) is 5.35. The zero-order chi connectivity index (χ0) is 13.0. The first kappa shape index (κ1) is 17.9. The van der Waals surface area contributed by atoms with Crippen molar-refractivity contribution >= 4 is 39.2 Å². The molecule has 0 radical (unpaired) electrons. The van der Waals surface area contributed by atoms with Crippen LogP contribution in [0, 0.1) is 0 Å². The Morgan fingerprint density at radius 1 is 0.706 bits per heavy atom. The van der Waals surface area contributed by atoms with Gasteiger partial charge in [0.2, 0.25) is 0 Å².